The monoisotopic (exact) mass is 276 g/mol. The largest absolute Gasteiger partial charge is 0.378 e. The molecular formula is C15H24N4O. The Balaban J connectivity index is 2.17. The average molecular weight is 276 g/mol. The highest BCUT2D eigenvalue weighted by Gasteiger charge is 2.33. The summed E-state index contributed by atoms with van der Waals surface area (Å²) in [5, 5.41) is 6.14. The highest BCUT2D eigenvalue weighted by atomic mass is 16.1. The Morgan fingerprint density at radius 3 is 3.05 bits per heavy atom. The molecule has 1 fully saturated rings. The van der Waals surface area contributed by atoms with Gasteiger partial charge in [0.1, 0.15) is 5.69 Å². The van der Waals surface area contributed by atoms with E-state index in [9.17, 15) is 4.79 Å². The van der Waals surface area contributed by atoms with Crippen LogP contribution in [-0.4, -0.2) is 30.0 Å². The predicted molar refractivity (Wildman–Crippen MR) is 80.7 cm³/mol. The number of carbonyl (C=O) groups is 1. The van der Waals surface area contributed by atoms with Crippen LogP contribution in [0.1, 0.15) is 43.1 Å². The SMILES string of the molecule is CNC(=O)c1cc(NC2(CN)CCCC(C)C2)ccn1. The standard InChI is InChI=1S/C15H24N4O/c1-11-4-3-6-15(9-11,10-16)19-12-5-7-18-13(8-12)14(20)17-2/h5,7-8,11H,3-4,6,9-10,16H2,1-2H3,(H,17,20)(H,18,19). The normalized spacial score (nSPS) is 26.1. The maximum Gasteiger partial charge on any atom is 0.269 e. The van der Waals surface area contributed by atoms with Crippen molar-refractivity contribution >= 4 is 11.6 Å². The van der Waals surface area contributed by atoms with Crippen molar-refractivity contribution in [2.24, 2.45) is 11.7 Å². The van der Waals surface area contributed by atoms with Gasteiger partial charge in [-0.25, -0.2) is 0 Å². The van der Waals surface area contributed by atoms with Crippen molar-refractivity contribution in [1.29, 1.82) is 0 Å². The van der Waals surface area contributed by atoms with Crippen molar-refractivity contribution in [2.75, 3.05) is 18.9 Å². The van der Waals surface area contributed by atoms with Gasteiger partial charge in [-0.2, -0.15) is 0 Å². The number of anilines is 1. The number of pyridine rings is 1. The third kappa shape index (κ3) is 3.28. The van der Waals surface area contributed by atoms with Gasteiger partial charge in [0.05, 0.1) is 0 Å². The number of rotatable bonds is 4. The van der Waals surface area contributed by atoms with Gasteiger partial charge in [0.2, 0.25) is 0 Å². The summed E-state index contributed by atoms with van der Waals surface area (Å²) in [6, 6.07) is 3.68. The van der Waals surface area contributed by atoms with Crippen LogP contribution in [0.4, 0.5) is 5.69 Å². The summed E-state index contributed by atoms with van der Waals surface area (Å²) in [7, 11) is 1.61. The van der Waals surface area contributed by atoms with Gasteiger partial charge < -0.3 is 16.4 Å². The highest BCUT2D eigenvalue weighted by molar-refractivity contribution is 5.92. The molecule has 1 amide bonds. The van der Waals surface area contributed by atoms with Crippen molar-refractivity contribution in [1.82, 2.24) is 10.3 Å². The van der Waals surface area contributed by atoms with E-state index in [2.05, 4.69) is 22.5 Å². The number of hydrogen-bond acceptors (Lipinski definition) is 4. The smallest absolute Gasteiger partial charge is 0.269 e. The Morgan fingerprint density at radius 2 is 2.40 bits per heavy atom. The first-order valence-corrected chi connectivity index (χ1v) is 7.25. The van der Waals surface area contributed by atoms with Gasteiger partial charge in [0.25, 0.3) is 5.91 Å². The number of nitrogens with zero attached hydrogens (tertiary/aromatic N) is 1. The zero-order valence-electron chi connectivity index (χ0n) is 12.3. The van der Waals surface area contributed by atoms with Crippen molar-refractivity contribution in [3.63, 3.8) is 0 Å². The van der Waals surface area contributed by atoms with Crippen LogP contribution >= 0.6 is 0 Å². The van der Waals surface area contributed by atoms with Gasteiger partial charge in [0, 0.05) is 31.0 Å². The van der Waals surface area contributed by atoms with E-state index in [1.807, 2.05) is 6.07 Å². The van der Waals surface area contributed by atoms with Crippen molar-refractivity contribution in [3.05, 3.63) is 24.0 Å². The third-order valence-electron chi connectivity index (χ3n) is 4.11. The molecule has 1 aromatic heterocycles. The molecule has 0 aromatic carbocycles. The molecule has 1 heterocycles. The molecule has 110 valence electrons. The topological polar surface area (TPSA) is 80.0 Å². The molecule has 0 radical (unpaired) electrons. The lowest BCUT2D eigenvalue weighted by atomic mass is 9.76. The van der Waals surface area contributed by atoms with Gasteiger partial charge in [0.15, 0.2) is 0 Å². The summed E-state index contributed by atoms with van der Waals surface area (Å²) < 4.78 is 0. The summed E-state index contributed by atoms with van der Waals surface area (Å²) in [6.07, 6.45) is 6.26. The van der Waals surface area contributed by atoms with E-state index < -0.39 is 0 Å². The highest BCUT2D eigenvalue weighted by Crippen LogP contribution is 2.34. The van der Waals surface area contributed by atoms with Crippen molar-refractivity contribution in [3.8, 4) is 0 Å². The van der Waals surface area contributed by atoms with E-state index >= 15 is 0 Å². The van der Waals surface area contributed by atoms with Crippen LogP contribution in [0.15, 0.2) is 18.3 Å². The Hall–Kier alpha value is -1.62. The predicted octanol–water partition coefficient (Wildman–Crippen LogP) is 1.76. The Kier molecular flexibility index (Phi) is 4.60. The first kappa shape index (κ1) is 14.8. The van der Waals surface area contributed by atoms with Crippen LogP contribution in [0, 0.1) is 5.92 Å². The van der Waals surface area contributed by atoms with Gasteiger partial charge in [-0.3, -0.25) is 9.78 Å². The summed E-state index contributed by atoms with van der Waals surface area (Å²) in [5.74, 6) is 0.507. The van der Waals surface area contributed by atoms with Crippen molar-refractivity contribution in [2.45, 2.75) is 38.1 Å². The molecule has 20 heavy (non-hydrogen) atoms. The Labute approximate surface area is 120 Å². The fourth-order valence-corrected chi connectivity index (χ4v) is 3.08. The molecule has 0 aliphatic heterocycles. The minimum absolute atomic E-state index is 0.0566. The molecule has 2 rings (SSSR count). The van der Waals surface area contributed by atoms with E-state index in [0.717, 1.165) is 18.5 Å². The molecule has 0 spiro atoms. The quantitative estimate of drug-likeness (QED) is 0.783. The number of carbonyl (C=O) groups excluding carboxylic acids is 1. The molecule has 5 nitrogen and oxygen atoms in total. The van der Waals surface area contributed by atoms with Crippen LogP contribution < -0.4 is 16.4 Å². The first-order valence-electron chi connectivity index (χ1n) is 7.25. The zero-order chi connectivity index (χ0) is 14.6. The summed E-state index contributed by atoms with van der Waals surface area (Å²) in [6.45, 7) is 2.88. The second kappa shape index (κ2) is 6.22. The Bertz CT molecular complexity index is 477. The van der Waals surface area contributed by atoms with Crippen LogP contribution in [0.5, 0.6) is 0 Å². The third-order valence-corrected chi connectivity index (χ3v) is 4.11. The fraction of sp³-hybridized carbons (Fsp3) is 0.600. The molecule has 4 N–H and O–H groups in total. The molecule has 5 heteroatoms. The number of nitrogens with one attached hydrogen (secondary N) is 2. The molecule has 1 saturated carbocycles. The van der Waals surface area contributed by atoms with Crippen LogP contribution in [0.25, 0.3) is 0 Å². The van der Waals surface area contributed by atoms with E-state index in [1.54, 1.807) is 19.3 Å². The van der Waals surface area contributed by atoms with Crippen molar-refractivity contribution < 1.29 is 4.79 Å². The second-order valence-electron chi connectivity index (χ2n) is 5.82. The molecule has 2 atom stereocenters. The average Bonchev–Trinajstić information content (AvgIpc) is 2.46. The molecule has 0 bridgehead atoms. The minimum atomic E-state index is -0.174. The molecule has 2 unspecified atom stereocenters. The molecule has 1 aromatic rings. The first-order chi connectivity index (χ1) is 9.58. The molecular weight excluding hydrogens is 252 g/mol. The van der Waals surface area contributed by atoms with Gasteiger partial charge in [-0.15, -0.1) is 0 Å². The summed E-state index contributed by atoms with van der Waals surface area (Å²) >= 11 is 0. The van der Waals surface area contributed by atoms with Crippen LogP contribution in [0.3, 0.4) is 0 Å². The minimum Gasteiger partial charge on any atom is -0.378 e. The number of aromatic nitrogens is 1. The number of amides is 1. The lowest BCUT2D eigenvalue weighted by molar-refractivity contribution is 0.0958. The van der Waals surface area contributed by atoms with Gasteiger partial charge in [-0.1, -0.05) is 19.8 Å². The zero-order valence-corrected chi connectivity index (χ0v) is 12.3. The molecule has 1 aliphatic rings. The lowest BCUT2D eigenvalue weighted by Gasteiger charge is -2.40. The molecule has 0 saturated heterocycles. The van der Waals surface area contributed by atoms with Gasteiger partial charge >= 0.3 is 0 Å². The number of nitrogens with two attached hydrogens (primary N) is 1. The van der Waals surface area contributed by atoms with E-state index in [-0.39, 0.29) is 11.4 Å². The fourth-order valence-electron chi connectivity index (χ4n) is 3.08. The lowest BCUT2D eigenvalue weighted by Crippen LogP contribution is -2.48. The summed E-state index contributed by atoms with van der Waals surface area (Å²) in [5.41, 5.74) is 7.30. The van der Waals surface area contributed by atoms with Crippen LogP contribution in [0.2, 0.25) is 0 Å². The Morgan fingerprint density at radius 1 is 1.60 bits per heavy atom. The second-order valence-corrected chi connectivity index (χ2v) is 5.82. The van der Waals surface area contributed by atoms with E-state index in [1.165, 1.54) is 12.8 Å². The van der Waals surface area contributed by atoms with E-state index in [4.69, 9.17) is 5.73 Å². The molecule has 1 aliphatic carbocycles. The summed E-state index contributed by atoms with van der Waals surface area (Å²) in [4.78, 5) is 15.7. The number of hydrogen-bond donors (Lipinski definition) is 3. The van der Waals surface area contributed by atoms with E-state index in [0.29, 0.717) is 18.2 Å². The maximum atomic E-state index is 11.6. The van der Waals surface area contributed by atoms with Crippen LogP contribution in [-0.2, 0) is 0 Å². The van der Waals surface area contributed by atoms with Gasteiger partial charge in [-0.05, 0) is 30.9 Å². The maximum absolute atomic E-state index is 11.6.